The molecular formula is C18H27N3O3. The minimum absolute atomic E-state index is 0.213. The summed E-state index contributed by atoms with van der Waals surface area (Å²) in [4.78, 5) is 14.7. The lowest BCUT2D eigenvalue weighted by Crippen LogP contribution is -2.23. The van der Waals surface area contributed by atoms with E-state index in [-0.39, 0.29) is 5.91 Å². The number of nitrogens with one attached hydrogen (secondary N) is 1. The van der Waals surface area contributed by atoms with Crippen LogP contribution in [0.3, 0.4) is 0 Å². The summed E-state index contributed by atoms with van der Waals surface area (Å²) < 4.78 is 10.9. The Morgan fingerprint density at radius 2 is 1.96 bits per heavy atom. The minimum Gasteiger partial charge on any atom is -0.456 e. The molecule has 0 saturated carbocycles. The summed E-state index contributed by atoms with van der Waals surface area (Å²) in [5.74, 6) is 1.75. The molecule has 2 heterocycles. The molecule has 1 N–H and O–H groups in total. The third-order valence-electron chi connectivity index (χ3n) is 4.34. The molecule has 2 aromatic rings. The molecule has 2 rings (SSSR count). The zero-order chi connectivity index (χ0) is 17.7. The summed E-state index contributed by atoms with van der Waals surface area (Å²) in [5.41, 5.74) is 2.79. The van der Waals surface area contributed by atoms with Crippen molar-refractivity contribution >= 4 is 5.91 Å². The third kappa shape index (κ3) is 4.06. The topological polar surface area (TPSA) is 71.5 Å². The van der Waals surface area contributed by atoms with Gasteiger partial charge in [0.2, 0.25) is 0 Å². The standard InChI is InChI=1S/C18H27N3O3/c1-6-16-14(11-21(7-2)8-3)9-17(23-16)18(22)19-10-15-12(4)20-24-13(15)5/h9H,6-8,10-11H2,1-5H3,(H,19,22). The van der Waals surface area contributed by atoms with Gasteiger partial charge in [-0.3, -0.25) is 9.69 Å². The van der Waals surface area contributed by atoms with Crippen LogP contribution in [-0.4, -0.2) is 29.1 Å². The molecule has 0 aromatic carbocycles. The molecule has 0 unspecified atom stereocenters. The van der Waals surface area contributed by atoms with Gasteiger partial charge in [0.1, 0.15) is 11.5 Å². The SMILES string of the molecule is CCc1oc(C(=O)NCc2c(C)noc2C)cc1CN(CC)CC. The Bertz CT molecular complexity index is 664. The van der Waals surface area contributed by atoms with E-state index in [0.29, 0.717) is 12.3 Å². The van der Waals surface area contributed by atoms with Crippen molar-refractivity contribution in [3.05, 3.63) is 40.2 Å². The van der Waals surface area contributed by atoms with Gasteiger partial charge in [0, 0.05) is 30.6 Å². The summed E-state index contributed by atoms with van der Waals surface area (Å²) in [6.45, 7) is 13.1. The molecule has 6 heteroatoms. The average Bonchev–Trinajstić information content (AvgIpc) is 3.14. The molecule has 0 aliphatic rings. The normalized spacial score (nSPS) is 11.2. The van der Waals surface area contributed by atoms with Crippen molar-refractivity contribution in [3.63, 3.8) is 0 Å². The maximum Gasteiger partial charge on any atom is 0.287 e. The van der Waals surface area contributed by atoms with Gasteiger partial charge in [-0.15, -0.1) is 0 Å². The zero-order valence-corrected chi connectivity index (χ0v) is 15.2. The maximum atomic E-state index is 12.4. The number of aryl methyl sites for hydroxylation is 3. The molecular weight excluding hydrogens is 306 g/mol. The van der Waals surface area contributed by atoms with Gasteiger partial charge in [-0.1, -0.05) is 25.9 Å². The lowest BCUT2D eigenvalue weighted by molar-refractivity contribution is 0.0921. The van der Waals surface area contributed by atoms with E-state index in [9.17, 15) is 4.79 Å². The largest absolute Gasteiger partial charge is 0.456 e. The van der Waals surface area contributed by atoms with Crippen molar-refractivity contribution < 1.29 is 13.7 Å². The third-order valence-corrected chi connectivity index (χ3v) is 4.34. The van der Waals surface area contributed by atoms with Crippen LogP contribution in [0.4, 0.5) is 0 Å². The molecule has 0 saturated heterocycles. The molecule has 2 aromatic heterocycles. The van der Waals surface area contributed by atoms with Crippen LogP contribution >= 0.6 is 0 Å². The summed E-state index contributed by atoms with van der Waals surface area (Å²) in [5, 5.41) is 6.78. The number of amides is 1. The van der Waals surface area contributed by atoms with Gasteiger partial charge < -0.3 is 14.3 Å². The summed E-state index contributed by atoms with van der Waals surface area (Å²) in [7, 11) is 0. The Balaban J connectivity index is 2.08. The van der Waals surface area contributed by atoms with Gasteiger partial charge in [0.25, 0.3) is 5.91 Å². The maximum absolute atomic E-state index is 12.4. The Kier molecular flexibility index (Phi) is 6.20. The number of rotatable bonds is 8. The predicted molar refractivity (Wildman–Crippen MR) is 91.9 cm³/mol. The molecule has 0 bridgehead atoms. The van der Waals surface area contributed by atoms with Crippen LogP contribution in [0.15, 0.2) is 15.0 Å². The van der Waals surface area contributed by atoms with Crippen LogP contribution in [0, 0.1) is 13.8 Å². The van der Waals surface area contributed by atoms with E-state index in [1.807, 2.05) is 26.8 Å². The Labute approximate surface area is 143 Å². The molecule has 0 fully saturated rings. The second kappa shape index (κ2) is 8.15. The van der Waals surface area contributed by atoms with E-state index < -0.39 is 0 Å². The first-order valence-corrected chi connectivity index (χ1v) is 8.53. The Morgan fingerprint density at radius 3 is 2.50 bits per heavy atom. The quantitative estimate of drug-likeness (QED) is 0.803. The lowest BCUT2D eigenvalue weighted by atomic mass is 10.2. The van der Waals surface area contributed by atoms with E-state index in [1.165, 1.54) is 0 Å². The van der Waals surface area contributed by atoms with Crippen molar-refractivity contribution in [1.82, 2.24) is 15.4 Å². The fourth-order valence-corrected chi connectivity index (χ4v) is 2.71. The van der Waals surface area contributed by atoms with E-state index in [0.717, 1.165) is 54.4 Å². The molecule has 6 nitrogen and oxygen atoms in total. The van der Waals surface area contributed by atoms with E-state index in [4.69, 9.17) is 8.94 Å². The van der Waals surface area contributed by atoms with Gasteiger partial charge in [-0.25, -0.2) is 0 Å². The number of hydrogen-bond acceptors (Lipinski definition) is 5. The number of carbonyl (C=O) groups is 1. The molecule has 0 spiro atoms. The monoisotopic (exact) mass is 333 g/mol. The molecule has 0 aliphatic heterocycles. The van der Waals surface area contributed by atoms with E-state index >= 15 is 0 Å². The van der Waals surface area contributed by atoms with Crippen molar-refractivity contribution in [3.8, 4) is 0 Å². The molecule has 24 heavy (non-hydrogen) atoms. The number of carbonyl (C=O) groups excluding carboxylic acids is 1. The highest BCUT2D eigenvalue weighted by molar-refractivity contribution is 5.91. The molecule has 0 aliphatic carbocycles. The van der Waals surface area contributed by atoms with Crippen LogP contribution in [-0.2, 0) is 19.5 Å². The average molecular weight is 333 g/mol. The summed E-state index contributed by atoms with van der Waals surface area (Å²) in [6, 6.07) is 1.86. The van der Waals surface area contributed by atoms with E-state index in [1.54, 1.807) is 0 Å². The fraction of sp³-hybridized carbons (Fsp3) is 0.556. The smallest absolute Gasteiger partial charge is 0.287 e. The number of nitrogens with zero attached hydrogens (tertiary/aromatic N) is 2. The van der Waals surface area contributed by atoms with Crippen molar-refractivity contribution in [2.75, 3.05) is 13.1 Å². The van der Waals surface area contributed by atoms with Gasteiger partial charge in [0.05, 0.1) is 5.69 Å². The number of aromatic nitrogens is 1. The van der Waals surface area contributed by atoms with Crippen molar-refractivity contribution in [2.24, 2.45) is 0 Å². The Hall–Kier alpha value is -2.08. The second-order valence-electron chi connectivity index (χ2n) is 5.86. The zero-order valence-electron chi connectivity index (χ0n) is 15.2. The first kappa shape index (κ1) is 18.3. The second-order valence-corrected chi connectivity index (χ2v) is 5.86. The first-order chi connectivity index (χ1) is 11.5. The van der Waals surface area contributed by atoms with Crippen LogP contribution < -0.4 is 5.32 Å². The van der Waals surface area contributed by atoms with Gasteiger partial charge >= 0.3 is 0 Å². The van der Waals surface area contributed by atoms with Gasteiger partial charge in [0.15, 0.2) is 5.76 Å². The van der Waals surface area contributed by atoms with Crippen LogP contribution in [0.25, 0.3) is 0 Å². The van der Waals surface area contributed by atoms with Crippen molar-refractivity contribution in [1.29, 1.82) is 0 Å². The Morgan fingerprint density at radius 1 is 1.25 bits per heavy atom. The van der Waals surface area contributed by atoms with E-state index in [2.05, 4.69) is 29.2 Å². The molecule has 1 amide bonds. The summed E-state index contributed by atoms with van der Waals surface area (Å²) >= 11 is 0. The fourth-order valence-electron chi connectivity index (χ4n) is 2.71. The highest BCUT2D eigenvalue weighted by Crippen LogP contribution is 2.19. The van der Waals surface area contributed by atoms with Crippen molar-refractivity contribution in [2.45, 2.75) is 54.1 Å². The molecule has 0 atom stereocenters. The molecule has 0 radical (unpaired) electrons. The lowest BCUT2D eigenvalue weighted by Gasteiger charge is -2.17. The highest BCUT2D eigenvalue weighted by Gasteiger charge is 2.18. The predicted octanol–water partition coefficient (Wildman–Crippen LogP) is 3.22. The van der Waals surface area contributed by atoms with Crippen LogP contribution in [0.2, 0.25) is 0 Å². The first-order valence-electron chi connectivity index (χ1n) is 8.53. The van der Waals surface area contributed by atoms with Crippen LogP contribution in [0.1, 0.15) is 59.7 Å². The minimum atomic E-state index is -0.213. The van der Waals surface area contributed by atoms with Gasteiger partial charge in [-0.2, -0.15) is 0 Å². The highest BCUT2D eigenvalue weighted by atomic mass is 16.5. The summed E-state index contributed by atoms with van der Waals surface area (Å²) in [6.07, 6.45) is 0.772. The van der Waals surface area contributed by atoms with Gasteiger partial charge in [-0.05, 0) is 33.0 Å². The van der Waals surface area contributed by atoms with Crippen LogP contribution in [0.5, 0.6) is 0 Å². The number of hydrogen-bond donors (Lipinski definition) is 1. The number of furan rings is 1. The molecule has 132 valence electrons.